The Morgan fingerprint density at radius 3 is 2.62 bits per heavy atom. The molecule has 5 heteroatoms. The van der Waals surface area contributed by atoms with Crippen LogP contribution in [-0.2, 0) is 0 Å². The van der Waals surface area contributed by atoms with Crippen LogP contribution < -0.4 is 5.32 Å². The van der Waals surface area contributed by atoms with Crippen LogP contribution >= 0.6 is 11.6 Å². The molecule has 0 aliphatic heterocycles. The molecule has 4 nitrogen and oxygen atoms in total. The number of nitrogens with one attached hydrogen (secondary N) is 1. The molecule has 1 aromatic heterocycles. The van der Waals surface area contributed by atoms with Gasteiger partial charge in [0, 0.05) is 40.7 Å². The predicted molar refractivity (Wildman–Crippen MR) is 95.8 cm³/mol. The largest absolute Gasteiger partial charge is 0.396 e. The Kier molecular flexibility index (Phi) is 4.78. The second-order valence-corrected chi connectivity index (χ2v) is 6.68. The van der Waals surface area contributed by atoms with Gasteiger partial charge < -0.3 is 15.0 Å². The maximum Gasteiger partial charge on any atom is 0.253 e. The van der Waals surface area contributed by atoms with Gasteiger partial charge in [0.1, 0.15) is 0 Å². The van der Waals surface area contributed by atoms with E-state index in [1.165, 1.54) is 0 Å². The van der Waals surface area contributed by atoms with E-state index in [9.17, 15) is 9.90 Å². The molecule has 0 bridgehead atoms. The van der Waals surface area contributed by atoms with Crippen LogP contribution in [0.5, 0.6) is 0 Å². The van der Waals surface area contributed by atoms with Gasteiger partial charge in [0.15, 0.2) is 0 Å². The average molecular weight is 345 g/mol. The molecular formula is C19H21ClN2O2. The van der Waals surface area contributed by atoms with E-state index in [0.29, 0.717) is 10.6 Å². The molecular weight excluding hydrogens is 324 g/mol. The van der Waals surface area contributed by atoms with Crippen molar-refractivity contribution in [2.75, 3.05) is 6.61 Å². The van der Waals surface area contributed by atoms with Crippen molar-refractivity contribution in [3.05, 3.63) is 64.5 Å². The average Bonchev–Trinajstić information content (AvgIpc) is 3.13. The quantitative estimate of drug-likeness (QED) is 0.835. The summed E-state index contributed by atoms with van der Waals surface area (Å²) in [7, 11) is 0. The van der Waals surface area contributed by atoms with Crippen LogP contribution in [-0.4, -0.2) is 28.2 Å². The first kappa shape index (κ1) is 16.8. The number of aromatic nitrogens is 1. The minimum Gasteiger partial charge on any atom is -0.396 e. The lowest BCUT2D eigenvalue weighted by Crippen LogP contribution is -2.33. The summed E-state index contributed by atoms with van der Waals surface area (Å²) in [6.45, 7) is 4.04. The van der Waals surface area contributed by atoms with Crippen molar-refractivity contribution < 1.29 is 9.90 Å². The molecule has 1 aliphatic rings. The number of rotatable bonds is 4. The lowest BCUT2D eigenvalue weighted by molar-refractivity contribution is 0.0940. The van der Waals surface area contributed by atoms with Crippen molar-refractivity contribution in [2.45, 2.75) is 26.3 Å². The highest BCUT2D eigenvalue weighted by atomic mass is 35.5. The van der Waals surface area contributed by atoms with E-state index >= 15 is 0 Å². The van der Waals surface area contributed by atoms with Crippen molar-refractivity contribution in [1.82, 2.24) is 9.88 Å². The van der Waals surface area contributed by atoms with Crippen molar-refractivity contribution in [1.29, 1.82) is 0 Å². The molecule has 2 N–H and O–H groups in total. The number of carbonyl (C=O) groups is 1. The SMILES string of the molecule is Cc1cc(C(=O)N[C@@H]2C=C[C@H](CO)C2)c(C)n1-c1ccc(Cl)cc1. The van der Waals surface area contributed by atoms with Crippen molar-refractivity contribution in [3.8, 4) is 5.69 Å². The number of aryl methyl sites for hydroxylation is 1. The highest BCUT2D eigenvalue weighted by molar-refractivity contribution is 6.30. The monoisotopic (exact) mass is 344 g/mol. The van der Waals surface area contributed by atoms with Crippen LogP contribution in [0.4, 0.5) is 0 Å². The Bertz CT molecular complexity index is 777. The lowest BCUT2D eigenvalue weighted by Gasteiger charge is -2.13. The van der Waals surface area contributed by atoms with Crippen molar-refractivity contribution in [2.24, 2.45) is 5.92 Å². The summed E-state index contributed by atoms with van der Waals surface area (Å²) in [4.78, 5) is 12.6. The van der Waals surface area contributed by atoms with Gasteiger partial charge in [-0.05, 0) is 50.6 Å². The van der Waals surface area contributed by atoms with Gasteiger partial charge in [0.05, 0.1) is 5.56 Å². The number of amides is 1. The Morgan fingerprint density at radius 2 is 2.00 bits per heavy atom. The summed E-state index contributed by atoms with van der Waals surface area (Å²) in [6, 6.07) is 9.45. The first-order valence-electron chi connectivity index (χ1n) is 8.04. The van der Waals surface area contributed by atoms with Gasteiger partial charge in [-0.1, -0.05) is 23.8 Å². The standard InChI is InChI=1S/C19H21ClN2O2/c1-12-9-18(19(24)21-16-6-3-14(10-16)11-23)13(2)22(12)17-7-4-15(20)5-8-17/h3-9,14,16,23H,10-11H2,1-2H3,(H,21,24)/t14-,16+/m0/s1. The lowest BCUT2D eigenvalue weighted by atomic mass is 10.1. The van der Waals surface area contributed by atoms with Gasteiger partial charge in [-0.15, -0.1) is 0 Å². The Balaban J connectivity index is 1.82. The van der Waals surface area contributed by atoms with E-state index in [1.807, 2.05) is 60.9 Å². The molecule has 0 saturated carbocycles. The van der Waals surface area contributed by atoms with Crippen LogP contribution in [0.3, 0.4) is 0 Å². The highest BCUT2D eigenvalue weighted by Crippen LogP contribution is 2.23. The molecule has 24 heavy (non-hydrogen) atoms. The fourth-order valence-electron chi connectivity index (χ4n) is 3.24. The first-order valence-corrected chi connectivity index (χ1v) is 8.42. The summed E-state index contributed by atoms with van der Waals surface area (Å²) in [6.07, 6.45) is 4.66. The number of aliphatic hydroxyl groups excluding tert-OH is 1. The number of aliphatic hydroxyl groups is 1. The third-order valence-corrected chi connectivity index (χ3v) is 4.74. The third kappa shape index (κ3) is 3.25. The number of carbonyl (C=O) groups excluding carboxylic acids is 1. The van der Waals surface area contributed by atoms with Gasteiger partial charge in [-0.2, -0.15) is 0 Å². The maximum absolute atomic E-state index is 12.6. The van der Waals surface area contributed by atoms with Crippen LogP contribution in [0.25, 0.3) is 5.69 Å². The van der Waals surface area contributed by atoms with Crippen LogP contribution in [0, 0.1) is 19.8 Å². The van der Waals surface area contributed by atoms with Crippen molar-refractivity contribution >= 4 is 17.5 Å². The van der Waals surface area contributed by atoms with Gasteiger partial charge in [0.25, 0.3) is 5.91 Å². The predicted octanol–water partition coefficient (Wildman–Crippen LogP) is 3.41. The zero-order chi connectivity index (χ0) is 17.3. The number of hydrogen-bond acceptors (Lipinski definition) is 2. The molecule has 0 radical (unpaired) electrons. The molecule has 126 valence electrons. The van der Waals surface area contributed by atoms with E-state index in [0.717, 1.165) is 23.5 Å². The number of halogens is 1. The maximum atomic E-state index is 12.6. The topological polar surface area (TPSA) is 54.3 Å². The van der Waals surface area contributed by atoms with Crippen LogP contribution in [0.15, 0.2) is 42.5 Å². The number of nitrogens with zero attached hydrogens (tertiary/aromatic N) is 1. The van der Waals surface area contributed by atoms with E-state index < -0.39 is 0 Å². The third-order valence-electron chi connectivity index (χ3n) is 4.48. The highest BCUT2D eigenvalue weighted by Gasteiger charge is 2.22. The summed E-state index contributed by atoms with van der Waals surface area (Å²) in [5.74, 6) is 0.0494. The Morgan fingerprint density at radius 1 is 1.29 bits per heavy atom. The molecule has 0 unspecified atom stereocenters. The Labute approximate surface area is 146 Å². The van der Waals surface area contributed by atoms with E-state index in [4.69, 9.17) is 11.6 Å². The molecule has 1 heterocycles. The molecule has 2 atom stereocenters. The van der Waals surface area contributed by atoms with Crippen LogP contribution in [0.1, 0.15) is 28.2 Å². The number of benzene rings is 1. The van der Waals surface area contributed by atoms with Crippen LogP contribution in [0.2, 0.25) is 5.02 Å². The molecule has 0 saturated heterocycles. The zero-order valence-corrected chi connectivity index (χ0v) is 14.5. The molecule has 2 aromatic rings. The zero-order valence-electron chi connectivity index (χ0n) is 13.8. The minimum atomic E-state index is -0.0865. The van der Waals surface area contributed by atoms with Gasteiger partial charge in [-0.25, -0.2) is 0 Å². The second-order valence-electron chi connectivity index (χ2n) is 6.24. The fraction of sp³-hybridized carbons (Fsp3) is 0.316. The second kappa shape index (κ2) is 6.83. The Hall–Kier alpha value is -2.04. The van der Waals surface area contributed by atoms with E-state index in [2.05, 4.69) is 5.32 Å². The molecule has 3 rings (SSSR count). The fourth-order valence-corrected chi connectivity index (χ4v) is 3.37. The first-order chi connectivity index (χ1) is 11.5. The molecule has 1 aliphatic carbocycles. The minimum absolute atomic E-state index is 0.0201. The summed E-state index contributed by atoms with van der Waals surface area (Å²) in [5.41, 5.74) is 3.54. The van der Waals surface area contributed by atoms with E-state index in [-0.39, 0.29) is 24.5 Å². The number of hydrogen-bond donors (Lipinski definition) is 2. The van der Waals surface area contributed by atoms with Gasteiger partial charge in [0.2, 0.25) is 0 Å². The smallest absolute Gasteiger partial charge is 0.253 e. The normalized spacial score (nSPS) is 19.7. The summed E-state index contributed by atoms with van der Waals surface area (Å²) in [5, 5.41) is 12.9. The van der Waals surface area contributed by atoms with E-state index in [1.54, 1.807) is 0 Å². The summed E-state index contributed by atoms with van der Waals surface area (Å²) >= 11 is 5.96. The summed E-state index contributed by atoms with van der Waals surface area (Å²) < 4.78 is 2.05. The molecule has 0 fully saturated rings. The molecule has 0 spiro atoms. The van der Waals surface area contributed by atoms with Crippen molar-refractivity contribution in [3.63, 3.8) is 0 Å². The van der Waals surface area contributed by atoms with Gasteiger partial charge >= 0.3 is 0 Å². The molecule has 1 amide bonds. The molecule has 1 aromatic carbocycles. The van der Waals surface area contributed by atoms with Gasteiger partial charge in [-0.3, -0.25) is 4.79 Å².